The molecule has 0 bridgehead atoms. The largest absolute Gasteiger partial charge is 0.430 e. The second-order valence-electron chi connectivity index (χ2n) is 12.8. The first-order valence-electron chi connectivity index (χ1n) is 15.8. The lowest BCUT2D eigenvalue weighted by molar-refractivity contribution is -0.376. The van der Waals surface area contributed by atoms with E-state index in [0.717, 1.165) is 34.6 Å². The molecule has 4 atom stereocenters. The predicted molar refractivity (Wildman–Crippen MR) is 166 cm³/mol. The molecule has 272 valence electrons. The highest BCUT2D eigenvalue weighted by Gasteiger charge is 2.71. The van der Waals surface area contributed by atoms with Crippen LogP contribution in [0.4, 0.5) is 36.4 Å². The van der Waals surface area contributed by atoms with Crippen LogP contribution in [0.2, 0.25) is 0 Å². The zero-order chi connectivity index (χ0) is 37.1. The number of hydrogen-bond donors (Lipinski definition) is 2. The summed E-state index contributed by atoms with van der Waals surface area (Å²) in [5.41, 5.74) is -6.71. The van der Waals surface area contributed by atoms with Gasteiger partial charge in [0.25, 0.3) is 15.6 Å². The standard InChI is InChI=1S/C34H30F7N3O6S/c35-22-8-11-25(12-9-22)51(49,50)44-24(10-6-20-16-21(7-13-26(20)44)32(48,33(36,37)38)34(39,40)41)17-27(45)43-15-14-23(18-43)42-29-28(30(46)31(29)47)19-4-2-1-3-5-19/h1-5,7-9,11-13,16,23-24,28-29,42,48H,6,10,14-15,17-18H2/t23?,24-,28?,29?/m0/s1. The van der Waals surface area contributed by atoms with Gasteiger partial charge in [0.15, 0.2) is 0 Å². The van der Waals surface area contributed by atoms with Gasteiger partial charge in [0.2, 0.25) is 17.5 Å². The number of hydrogen-bond acceptors (Lipinski definition) is 7. The Morgan fingerprint density at radius 3 is 2.16 bits per heavy atom. The molecule has 1 aliphatic carbocycles. The summed E-state index contributed by atoms with van der Waals surface area (Å²) in [5.74, 6) is -3.08. The van der Waals surface area contributed by atoms with Crippen molar-refractivity contribution in [1.29, 1.82) is 0 Å². The molecule has 2 aliphatic heterocycles. The van der Waals surface area contributed by atoms with Crippen LogP contribution in [0.1, 0.15) is 41.9 Å². The average Bonchev–Trinajstić information content (AvgIpc) is 3.55. The number of Topliss-reactive ketones (excluding diaryl/α,β-unsaturated/α-hetero) is 2. The van der Waals surface area contributed by atoms with Gasteiger partial charge in [-0.15, -0.1) is 0 Å². The van der Waals surface area contributed by atoms with Crippen molar-refractivity contribution < 1.29 is 58.6 Å². The number of alkyl halides is 6. The third-order valence-electron chi connectivity index (χ3n) is 9.67. The number of aliphatic hydroxyl groups is 1. The molecular formula is C34H30F7N3O6S. The zero-order valence-electron chi connectivity index (χ0n) is 26.4. The maximum absolute atomic E-state index is 14.0. The van der Waals surface area contributed by atoms with Crippen molar-refractivity contribution in [3.05, 3.63) is 95.3 Å². The molecule has 2 heterocycles. The number of nitrogens with one attached hydrogen (secondary N) is 1. The Labute approximate surface area is 287 Å². The number of nitrogens with zero attached hydrogens (tertiary/aromatic N) is 2. The Morgan fingerprint density at radius 2 is 1.53 bits per heavy atom. The molecule has 17 heteroatoms. The normalized spacial score (nSPS) is 22.9. The summed E-state index contributed by atoms with van der Waals surface area (Å²) in [6, 6.07) is 11.5. The van der Waals surface area contributed by atoms with E-state index in [2.05, 4.69) is 5.32 Å². The monoisotopic (exact) mass is 741 g/mol. The van der Waals surface area contributed by atoms with Gasteiger partial charge < -0.3 is 15.3 Å². The molecule has 0 spiro atoms. The summed E-state index contributed by atoms with van der Waals surface area (Å²) in [4.78, 5) is 39.4. The van der Waals surface area contributed by atoms with Gasteiger partial charge >= 0.3 is 12.4 Å². The average molecular weight is 742 g/mol. The van der Waals surface area contributed by atoms with E-state index in [1.807, 2.05) is 0 Å². The number of ketones is 2. The van der Waals surface area contributed by atoms with E-state index >= 15 is 0 Å². The van der Waals surface area contributed by atoms with E-state index in [0.29, 0.717) is 24.1 Å². The highest BCUT2D eigenvalue weighted by Crippen LogP contribution is 2.51. The molecule has 0 aromatic heterocycles. The lowest BCUT2D eigenvalue weighted by Crippen LogP contribution is -2.61. The van der Waals surface area contributed by atoms with Crippen molar-refractivity contribution in [1.82, 2.24) is 10.2 Å². The first-order chi connectivity index (χ1) is 23.8. The molecular weight excluding hydrogens is 711 g/mol. The fourth-order valence-corrected chi connectivity index (χ4v) is 8.69. The summed E-state index contributed by atoms with van der Waals surface area (Å²) in [6.07, 6.45) is -12.8. The van der Waals surface area contributed by atoms with Crippen molar-refractivity contribution in [3.63, 3.8) is 0 Å². The zero-order valence-corrected chi connectivity index (χ0v) is 27.2. The number of sulfonamides is 1. The molecule has 6 rings (SSSR count). The Balaban J connectivity index is 1.25. The minimum absolute atomic E-state index is 0.114. The molecule has 1 saturated carbocycles. The lowest BCUT2D eigenvalue weighted by atomic mass is 9.72. The minimum atomic E-state index is -6.17. The van der Waals surface area contributed by atoms with Gasteiger partial charge in [-0.2, -0.15) is 26.3 Å². The maximum atomic E-state index is 14.0. The van der Waals surface area contributed by atoms with Crippen LogP contribution < -0.4 is 9.62 Å². The van der Waals surface area contributed by atoms with Gasteiger partial charge in [0.1, 0.15) is 5.82 Å². The van der Waals surface area contributed by atoms with Crippen molar-refractivity contribution in [2.45, 2.75) is 72.6 Å². The van der Waals surface area contributed by atoms with Crippen LogP contribution in [0, 0.1) is 5.82 Å². The van der Waals surface area contributed by atoms with E-state index in [1.54, 1.807) is 30.3 Å². The van der Waals surface area contributed by atoms with Crippen molar-refractivity contribution in [2.75, 3.05) is 17.4 Å². The van der Waals surface area contributed by atoms with Gasteiger partial charge in [-0.05, 0) is 60.7 Å². The summed E-state index contributed by atoms with van der Waals surface area (Å²) >= 11 is 0. The quantitative estimate of drug-likeness (QED) is 0.257. The van der Waals surface area contributed by atoms with E-state index in [9.17, 15) is 58.6 Å². The third kappa shape index (κ3) is 6.39. The van der Waals surface area contributed by atoms with E-state index in [4.69, 9.17) is 0 Å². The number of carbonyl (C=O) groups excluding carboxylic acids is 3. The SMILES string of the molecule is O=C1C(=O)C(c2ccccc2)C1NC1CCN(C(=O)C[C@@H]2CCc3cc(C(O)(C(F)(F)F)C(F)(F)F)ccc3N2S(=O)(=O)c2ccc(F)cc2)C1. The molecule has 1 saturated heterocycles. The number of carbonyl (C=O) groups is 3. The molecule has 3 aromatic carbocycles. The second kappa shape index (κ2) is 13.0. The smallest absolute Gasteiger partial charge is 0.369 e. The van der Waals surface area contributed by atoms with Crippen LogP contribution >= 0.6 is 0 Å². The van der Waals surface area contributed by atoms with Crippen LogP contribution in [0.25, 0.3) is 0 Å². The van der Waals surface area contributed by atoms with Gasteiger partial charge in [-0.1, -0.05) is 42.5 Å². The predicted octanol–water partition coefficient (Wildman–Crippen LogP) is 4.53. The Kier molecular flexibility index (Phi) is 9.29. The van der Waals surface area contributed by atoms with E-state index in [-0.39, 0.29) is 43.2 Å². The molecule has 2 fully saturated rings. The van der Waals surface area contributed by atoms with Crippen molar-refractivity contribution in [3.8, 4) is 0 Å². The van der Waals surface area contributed by atoms with Crippen LogP contribution in [-0.4, -0.2) is 79.5 Å². The number of aryl methyl sites for hydroxylation is 1. The molecule has 0 radical (unpaired) electrons. The van der Waals surface area contributed by atoms with Crippen LogP contribution in [0.15, 0.2) is 77.7 Å². The van der Waals surface area contributed by atoms with E-state index < -0.39 is 86.1 Å². The van der Waals surface area contributed by atoms with Gasteiger partial charge in [-0.25, -0.2) is 12.8 Å². The summed E-state index contributed by atoms with van der Waals surface area (Å²) < 4.78 is 124. The highest BCUT2D eigenvalue weighted by atomic mass is 32.2. The lowest BCUT2D eigenvalue weighted by Gasteiger charge is -2.39. The minimum Gasteiger partial charge on any atom is -0.369 e. The summed E-state index contributed by atoms with van der Waals surface area (Å²) in [6.45, 7) is 0.329. The fourth-order valence-electron chi connectivity index (χ4n) is 6.98. The summed E-state index contributed by atoms with van der Waals surface area (Å²) in [7, 11) is -4.67. The van der Waals surface area contributed by atoms with Crippen molar-refractivity contribution >= 4 is 33.2 Å². The number of rotatable bonds is 8. The molecule has 3 aromatic rings. The molecule has 3 unspecified atom stereocenters. The first kappa shape index (κ1) is 36.4. The van der Waals surface area contributed by atoms with Gasteiger partial charge in [-0.3, -0.25) is 18.7 Å². The molecule has 2 N–H and O–H groups in total. The Bertz CT molecular complexity index is 1940. The number of likely N-dealkylation sites (tertiary alicyclic amines) is 1. The first-order valence-corrected chi connectivity index (χ1v) is 17.2. The number of benzene rings is 3. The van der Waals surface area contributed by atoms with E-state index in [1.165, 1.54) is 4.90 Å². The fraction of sp³-hybridized carbons (Fsp3) is 0.382. The number of halogens is 7. The molecule has 1 amide bonds. The van der Waals surface area contributed by atoms with Gasteiger partial charge in [0, 0.05) is 31.1 Å². The molecule has 3 aliphatic rings. The second-order valence-corrected chi connectivity index (χ2v) is 14.6. The molecule has 51 heavy (non-hydrogen) atoms. The topological polar surface area (TPSA) is 124 Å². The highest BCUT2D eigenvalue weighted by molar-refractivity contribution is 7.92. The molecule has 9 nitrogen and oxygen atoms in total. The maximum Gasteiger partial charge on any atom is 0.430 e. The van der Waals surface area contributed by atoms with Crippen LogP contribution in [0.3, 0.4) is 0 Å². The van der Waals surface area contributed by atoms with Crippen LogP contribution in [-0.2, 0) is 36.4 Å². The van der Waals surface area contributed by atoms with Crippen molar-refractivity contribution in [2.24, 2.45) is 0 Å². The third-order valence-corrected chi connectivity index (χ3v) is 11.6. The number of fused-ring (bicyclic) bond motifs is 1. The Morgan fingerprint density at radius 1 is 0.882 bits per heavy atom. The Hall–Kier alpha value is -4.35. The summed E-state index contributed by atoms with van der Waals surface area (Å²) in [5, 5.41) is 13.1. The number of anilines is 1. The van der Waals surface area contributed by atoms with Gasteiger partial charge in [0.05, 0.1) is 28.6 Å². The number of amides is 1. The van der Waals surface area contributed by atoms with Crippen LogP contribution in [0.5, 0.6) is 0 Å².